The minimum atomic E-state index is -3.85. The smallest absolute Gasteiger partial charge is 0.261 e. The summed E-state index contributed by atoms with van der Waals surface area (Å²) in [6.45, 7) is 3.39. The lowest BCUT2D eigenvalue weighted by Crippen LogP contribution is -2.29. The highest BCUT2D eigenvalue weighted by atomic mass is 32.2. The zero-order chi connectivity index (χ0) is 21.1. The summed E-state index contributed by atoms with van der Waals surface area (Å²) >= 11 is 0. The molecule has 2 aromatic carbocycles. The molecule has 158 valence electrons. The van der Waals surface area contributed by atoms with Crippen LogP contribution in [0.2, 0.25) is 0 Å². The SMILES string of the molecule is CN(c1cc(N2CCCNCC2)ccc1NS(=O)(=O)c1ccccc1)S(C)(=O)=O. The van der Waals surface area contributed by atoms with Crippen molar-refractivity contribution in [3.63, 3.8) is 0 Å². The van der Waals surface area contributed by atoms with E-state index in [1.54, 1.807) is 30.3 Å². The van der Waals surface area contributed by atoms with Crippen LogP contribution in [0.25, 0.3) is 0 Å². The van der Waals surface area contributed by atoms with E-state index >= 15 is 0 Å². The van der Waals surface area contributed by atoms with Crippen LogP contribution < -0.4 is 19.2 Å². The summed E-state index contributed by atoms with van der Waals surface area (Å²) in [4.78, 5) is 2.27. The molecule has 1 aliphatic rings. The Morgan fingerprint density at radius 2 is 1.72 bits per heavy atom. The fourth-order valence-corrected chi connectivity index (χ4v) is 4.75. The number of sulfonamides is 2. The predicted molar refractivity (Wildman–Crippen MR) is 117 cm³/mol. The molecule has 0 aliphatic carbocycles. The van der Waals surface area contributed by atoms with E-state index in [0.29, 0.717) is 0 Å². The number of anilines is 3. The van der Waals surface area contributed by atoms with Crippen LogP contribution in [0.5, 0.6) is 0 Å². The highest BCUT2D eigenvalue weighted by molar-refractivity contribution is 7.93. The number of rotatable bonds is 6. The molecule has 2 N–H and O–H groups in total. The van der Waals surface area contributed by atoms with Crippen molar-refractivity contribution in [2.45, 2.75) is 11.3 Å². The number of nitrogens with one attached hydrogen (secondary N) is 2. The molecule has 0 atom stereocenters. The number of benzene rings is 2. The molecule has 1 fully saturated rings. The van der Waals surface area contributed by atoms with Crippen molar-refractivity contribution in [1.82, 2.24) is 5.32 Å². The molecule has 10 heteroatoms. The van der Waals surface area contributed by atoms with Crippen molar-refractivity contribution in [3.05, 3.63) is 48.5 Å². The Balaban J connectivity index is 2.01. The third kappa shape index (κ3) is 5.20. The number of nitrogens with zero attached hydrogens (tertiary/aromatic N) is 2. The third-order valence-electron chi connectivity index (χ3n) is 4.82. The van der Waals surface area contributed by atoms with Crippen LogP contribution in [0.1, 0.15) is 6.42 Å². The second-order valence-electron chi connectivity index (χ2n) is 6.94. The highest BCUT2D eigenvalue weighted by Gasteiger charge is 2.22. The Labute approximate surface area is 172 Å². The second-order valence-corrected chi connectivity index (χ2v) is 10.6. The van der Waals surface area contributed by atoms with Crippen molar-refractivity contribution >= 4 is 37.1 Å². The first-order valence-electron chi connectivity index (χ1n) is 9.30. The van der Waals surface area contributed by atoms with Crippen LogP contribution in [0.3, 0.4) is 0 Å². The number of hydrogen-bond acceptors (Lipinski definition) is 6. The van der Waals surface area contributed by atoms with Gasteiger partial charge in [0.1, 0.15) is 0 Å². The second kappa shape index (κ2) is 8.60. The van der Waals surface area contributed by atoms with Gasteiger partial charge in [-0.15, -0.1) is 0 Å². The molecule has 0 spiro atoms. The van der Waals surface area contributed by atoms with E-state index in [2.05, 4.69) is 14.9 Å². The lowest BCUT2D eigenvalue weighted by molar-refractivity contribution is 0.598. The van der Waals surface area contributed by atoms with Gasteiger partial charge in [-0.1, -0.05) is 18.2 Å². The Morgan fingerprint density at radius 3 is 2.41 bits per heavy atom. The molecule has 0 bridgehead atoms. The summed E-state index contributed by atoms with van der Waals surface area (Å²) in [5.41, 5.74) is 1.34. The fourth-order valence-electron chi connectivity index (χ4n) is 3.15. The highest BCUT2D eigenvalue weighted by Crippen LogP contribution is 2.33. The summed E-state index contributed by atoms with van der Waals surface area (Å²) in [6, 6.07) is 13.1. The predicted octanol–water partition coefficient (Wildman–Crippen LogP) is 1.68. The van der Waals surface area contributed by atoms with Gasteiger partial charge in [0.05, 0.1) is 22.5 Å². The largest absolute Gasteiger partial charge is 0.370 e. The minimum absolute atomic E-state index is 0.107. The van der Waals surface area contributed by atoms with Gasteiger partial charge in [0.2, 0.25) is 10.0 Å². The molecule has 2 aromatic rings. The van der Waals surface area contributed by atoms with Gasteiger partial charge in [-0.2, -0.15) is 0 Å². The summed E-state index contributed by atoms with van der Waals surface area (Å²) in [5.74, 6) is 0. The van der Waals surface area contributed by atoms with Crippen molar-refractivity contribution < 1.29 is 16.8 Å². The zero-order valence-corrected chi connectivity index (χ0v) is 18.1. The topological polar surface area (TPSA) is 98.8 Å². The maximum Gasteiger partial charge on any atom is 0.261 e. The van der Waals surface area contributed by atoms with Gasteiger partial charge in [0.25, 0.3) is 10.0 Å². The van der Waals surface area contributed by atoms with Crippen LogP contribution in [-0.2, 0) is 20.0 Å². The Hall–Kier alpha value is -2.30. The Morgan fingerprint density at radius 1 is 1.00 bits per heavy atom. The Kier molecular flexibility index (Phi) is 6.35. The molecule has 8 nitrogen and oxygen atoms in total. The first-order valence-corrected chi connectivity index (χ1v) is 12.6. The van der Waals surface area contributed by atoms with Gasteiger partial charge in [-0.25, -0.2) is 16.8 Å². The van der Waals surface area contributed by atoms with E-state index in [1.165, 1.54) is 19.2 Å². The van der Waals surface area contributed by atoms with Crippen molar-refractivity contribution in [2.75, 3.05) is 53.4 Å². The van der Waals surface area contributed by atoms with E-state index < -0.39 is 20.0 Å². The van der Waals surface area contributed by atoms with Crippen LogP contribution >= 0.6 is 0 Å². The Bertz CT molecular complexity index is 1050. The van der Waals surface area contributed by atoms with E-state index in [-0.39, 0.29) is 16.3 Å². The van der Waals surface area contributed by atoms with Gasteiger partial charge in [-0.05, 0) is 43.3 Å². The van der Waals surface area contributed by atoms with Gasteiger partial charge in [-0.3, -0.25) is 9.03 Å². The molecule has 0 radical (unpaired) electrons. The summed E-state index contributed by atoms with van der Waals surface area (Å²) < 4.78 is 53.5. The number of hydrogen-bond donors (Lipinski definition) is 2. The van der Waals surface area contributed by atoms with Gasteiger partial charge in [0, 0.05) is 32.4 Å². The molecule has 29 heavy (non-hydrogen) atoms. The summed E-state index contributed by atoms with van der Waals surface area (Å²) in [5, 5.41) is 3.33. The van der Waals surface area contributed by atoms with E-state index in [9.17, 15) is 16.8 Å². The first kappa shape index (κ1) is 21.4. The molecular weight excluding hydrogens is 412 g/mol. The molecular formula is C19H26N4O4S2. The van der Waals surface area contributed by atoms with Gasteiger partial charge in [0.15, 0.2) is 0 Å². The summed E-state index contributed by atoms with van der Waals surface area (Å²) in [7, 11) is -6.02. The fraction of sp³-hybridized carbons (Fsp3) is 0.368. The molecule has 1 saturated heterocycles. The van der Waals surface area contributed by atoms with Gasteiger partial charge < -0.3 is 10.2 Å². The lowest BCUT2D eigenvalue weighted by atomic mass is 10.2. The maximum absolute atomic E-state index is 12.8. The van der Waals surface area contributed by atoms with Gasteiger partial charge >= 0.3 is 0 Å². The average Bonchev–Trinajstić information content (AvgIpc) is 2.97. The van der Waals surface area contributed by atoms with Crippen LogP contribution in [-0.4, -0.2) is 56.3 Å². The van der Waals surface area contributed by atoms with Crippen LogP contribution in [0.15, 0.2) is 53.4 Å². The molecule has 1 aliphatic heterocycles. The summed E-state index contributed by atoms with van der Waals surface area (Å²) in [6.07, 6.45) is 2.06. The standard InChI is InChI=1S/C19H26N4O4S2/c1-22(28(2,24)25)19-15-16(23-13-6-11-20-12-14-23)9-10-18(19)21-29(26,27)17-7-4-3-5-8-17/h3-5,7-10,15,20-21H,6,11-14H2,1-2H3. The first-order chi connectivity index (χ1) is 13.7. The van der Waals surface area contributed by atoms with E-state index in [1.807, 2.05) is 6.07 Å². The van der Waals surface area contributed by atoms with E-state index in [0.717, 1.165) is 48.8 Å². The van der Waals surface area contributed by atoms with Crippen LogP contribution in [0, 0.1) is 0 Å². The maximum atomic E-state index is 12.8. The molecule has 0 unspecified atom stereocenters. The monoisotopic (exact) mass is 438 g/mol. The normalized spacial score (nSPS) is 15.6. The van der Waals surface area contributed by atoms with Crippen molar-refractivity contribution in [2.24, 2.45) is 0 Å². The molecule has 0 aromatic heterocycles. The molecule has 3 rings (SSSR count). The lowest BCUT2D eigenvalue weighted by Gasteiger charge is -2.26. The molecule has 0 saturated carbocycles. The quantitative estimate of drug-likeness (QED) is 0.712. The molecule has 1 heterocycles. The molecule has 0 amide bonds. The van der Waals surface area contributed by atoms with E-state index in [4.69, 9.17) is 0 Å². The minimum Gasteiger partial charge on any atom is -0.370 e. The average molecular weight is 439 g/mol. The van der Waals surface area contributed by atoms with Crippen LogP contribution in [0.4, 0.5) is 17.1 Å². The van der Waals surface area contributed by atoms with Crippen molar-refractivity contribution in [1.29, 1.82) is 0 Å². The van der Waals surface area contributed by atoms with Crippen molar-refractivity contribution in [3.8, 4) is 0 Å². The zero-order valence-electron chi connectivity index (χ0n) is 16.5. The third-order valence-corrected chi connectivity index (χ3v) is 7.39.